The first-order chi connectivity index (χ1) is 4.47. The molecule has 0 saturated carbocycles. The van der Waals surface area contributed by atoms with Crippen LogP contribution in [0.4, 0.5) is 5.69 Å². The molecule has 0 amide bonds. The minimum atomic E-state index is 0. The van der Waals surface area contributed by atoms with E-state index in [1.165, 1.54) is 0 Å². The SMILES string of the molecule is O.c1n[nH]c2c1NCNS2. The lowest BCUT2D eigenvalue weighted by Gasteiger charge is -2.11. The van der Waals surface area contributed by atoms with Gasteiger partial charge in [0.2, 0.25) is 0 Å². The van der Waals surface area contributed by atoms with E-state index in [1.807, 2.05) is 0 Å². The number of H-pyrrole nitrogens is 1. The van der Waals surface area contributed by atoms with Crippen molar-refractivity contribution in [3.05, 3.63) is 6.20 Å². The molecule has 1 aromatic rings. The Hall–Kier alpha value is -0.720. The van der Waals surface area contributed by atoms with Crippen LogP contribution >= 0.6 is 11.9 Å². The Morgan fingerprint density at radius 2 is 2.50 bits per heavy atom. The molecule has 0 unspecified atom stereocenters. The fourth-order valence-electron chi connectivity index (χ4n) is 0.718. The summed E-state index contributed by atoms with van der Waals surface area (Å²) in [5.41, 5.74) is 1.08. The van der Waals surface area contributed by atoms with Crippen LogP contribution in [0.25, 0.3) is 0 Å². The van der Waals surface area contributed by atoms with Crippen molar-refractivity contribution < 1.29 is 5.48 Å². The fraction of sp³-hybridized carbons (Fsp3) is 0.250. The van der Waals surface area contributed by atoms with Gasteiger partial charge in [-0.05, 0) is 11.9 Å². The van der Waals surface area contributed by atoms with Crippen LogP contribution in [0.3, 0.4) is 0 Å². The Bertz CT molecular complexity index is 192. The molecule has 1 aliphatic heterocycles. The minimum Gasteiger partial charge on any atom is -0.412 e. The Morgan fingerprint density at radius 1 is 1.60 bits per heavy atom. The average Bonchev–Trinajstić information content (AvgIpc) is 2.33. The van der Waals surface area contributed by atoms with Crippen LogP contribution in [0.5, 0.6) is 0 Å². The van der Waals surface area contributed by atoms with Crippen molar-refractivity contribution in [2.45, 2.75) is 5.03 Å². The third kappa shape index (κ3) is 1.08. The summed E-state index contributed by atoms with van der Waals surface area (Å²) >= 11 is 1.56. The minimum absolute atomic E-state index is 0. The molecule has 1 aliphatic rings. The molecule has 0 bridgehead atoms. The maximum Gasteiger partial charge on any atom is 0.129 e. The number of rotatable bonds is 0. The van der Waals surface area contributed by atoms with Crippen molar-refractivity contribution in [2.24, 2.45) is 0 Å². The number of aromatic nitrogens is 2. The first kappa shape index (κ1) is 7.39. The van der Waals surface area contributed by atoms with E-state index in [0.29, 0.717) is 0 Å². The van der Waals surface area contributed by atoms with Gasteiger partial charge in [0, 0.05) is 0 Å². The number of fused-ring (bicyclic) bond motifs is 1. The summed E-state index contributed by atoms with van der Waals surface area (Å²) in [7, 11) is 0. The molecule has 0 aliphatic carbocycles. The van der Waals surface area contributed by atoms with Gasteiger partial charge in [-0.3, -0.25) is 5.10 Å². The Labute approximate surface area is 62.0 Å². The second-order valence-electron chi connectivity index (χ2n) is 1.71. The van der Waals surface area contributed by atoms with Gasteiger partial charge in [-0.25, -0.2) is 4.72 Å². The smallest absolute Gasteiger partial charge is 0.129 e. The van der Waals surface area contributed by atoms with E-state index < -0.39 is 0 Å². The maximum atomic E-state index is 3.86. The molecular formula is C4H8N4OS. The first-order valence-electron chi connectivity index (χ1n) is 2.64. The van der Waals surface area contributed by atoms with E-state index in [2.05, 4.69) is 20.2 Å². The summed E-state index contributed by atoms with van der Waals surface area (Å²) in [6, 6.07) is 0. The first-order valence-corrected chi connectivity index (χ1v) is 3.45. The average molecular weight is 160 g/mol. The van der Waals surface area contributed by atoms with Crippen LogP contribution in [-0.4, -0.2) is 22.3 Å². The molecular weight excluding hydrogens is 152 g/mol. The largest absolute Gasteiger partial charge is 0.412 e. The normalized spacial score (nSPS) is 14.8. The maximum absolute atomic E-state index is 3.86. The van der Waals surface area contributed by atoms with E-state index in [1.54, 1.807) is 18.1 Å². The molecule has 0 aromatic carbocycles. The third-order valence-electron chi connectivity index (χ3n) is 1.13. The highest BCUT2D eigenvalue weighted by Crippen LogP contribution is 2.23. The van der Waals surface area contributed by atoms with Gasteiger partial charge in [0.25, 0.3) is 0 Å². The standard InChI is InChI=1S/C4H6N4S.H2O/c1-3-4(8-6-1)9-7-2-5-3;/h1,5,7H,2H2,(H,6,8);1H2. The molecule has 5 nitrogen and oxygen atoms in total. The molecule has 10 heavy (non-hydrogen) atoms. The van der Waals surface area contributed by atoms with Crippen molar-refractivity contribution >= 4 is 17.6 Å². The van der Waals surface area contributed by atoms with Gasteiger partial charge in [-0.2, -0.15) is 5.10 Å². The van der Waals surface area contributed by atoms with E-state index in [0.717, 1.165) is 17.4 Å². The van der Waals surface area contributed by atoms with Crippen molar-refractivity contribution in [1.82, 2.24) is 14.9 Å². The summed E-state index contributed by atoms with van der Waals surface area (Å²) < 4.78 is 3.06. The predicted octanol–water partition coefficient (Wildman–Crippen LogP) is -0.435. The van der Waals surface area contributed by atoms with E-state index in [-0.39, 0.29) is 5.48 Å². The Kier molecular flexibility index (Phi) is 2.15. The summed E-state index contributed by atoms with van der Waals surface area (Å²) in [5.74, 6) is 0. The molecule has 6 heteroatoms. The Balaban J connectivity index is 0.000000500. The molecule has 2 rings (SSSR count). The van der Waals surface area contributed by atoms with Crippen LogP contribution in [0, 0.1) is 0 Å². The van der Waals surface area contributed by atoms with E-state index in [9.17, 15) is 0 Å². The van der Waals surface area contributed by atoms with Gasteiger partial charge in [-0.1, -0.05) is 0 Å². The lowest BCUT2D eigenvalue weighted by atomic mass is 10.6. The highest BCUT2D eigenvalue weighted by atomic mass is 32.2. The number of hydrogen-bond donors (Lipinski definition) is 3. The van der Waals surface area contributed by atoms with Crippen LogP contribution in [0.2, 0.25) is 0 Å². The molecule has 0 atom stereocenters. The molecule has 0 saturated heterocycles. The van der Waals surface area contributed by atoms with E-state index >= 15 is 0 Å². The molecule has 0 radical (unpaired) electrons. The van der Waals surface area contributed by atoms with Gasteiger partial charge < -0.3 is 10.8 Å². The number of anilines is 1. The summed E-state index contributed by atoms with van der Waals surface area (Å²) in [6.07, 6.45) is 1.78. The summed E-state index contributed by atoms with van der Waals surface area (Å²) in [6.45, 7) is 0.803. The van der Waals surface area contributed by atoms with Gasteiger partial charge in [0.15, 0.2) is 0 Å². The van der Waals surface area contributed by atoms with Crippen molar-refractivity contribution in [1.29, 1.82) is 0 Å². The second-order valence-corrected chi connectivity index (χ2v) is 2.61. The topological polar surface area (TPSA) is 84.2 Å². The zero-order valence-corrected chi connectivity index (χ0v) is 5.96. The second kappa shape index (κ2) is 2.91. The molecule has 1 aromatic heterocycles. The summed E-state index contributed by atoms with van der Waals surface area (Å²) in [5, 5.41) is 10.9. The molecule has 2 heterocycles. The van der Waals surface area contributed by atoms with Crippen molar-refractivity contribution in [2.75, 3.05) is 12.0 Å². The number of aromatic amines is 1. The predicted molar refractivity (Wildman–Crippen MR) is 39.7 cm³/mol. The monoisotopic (exact) mass is 160 g/mol. The quantitative estimate of drug-likeness (QED) is 0.449. The van der Waals surface area contributed by atoms with Crippen molar-refractivity contribution in [3.8, 4) is 0 Å². The van der Waals surface area contributed by atoms with E-state index in [4.69, 9.17) is 0 Å². The molecule has 5 N–H and O–H groups in total. The zero-order valence-electron chi connectivity index (χ0n) is 5.14. The van der Waals surface area contributed by atoms with Gasteiger partial charge in [0.05, 0.1) is 18.6 Å². The molecule has 0 fully saturated rings. The number of nitrogens with one attached hydrogen (secondary N) is 3. The summed E-state index contributed by atoms with van der Waals surface area (Å²) in [4.78, 5) is 0. The molecule has 0 spiro atoms. The lowest BCUT2D eigenvalue weighted by Crippen LogP contribution is -2.19. The lowest BCUT2D eigenvalue weighted by molar-refractivity contribution is 0.824. The Morgan fingerprint density at radius 3 is 3.30 bits per heavy atom. The van der Waals surface area contributed by atoms with Crippen LogP contribution in [-0.2, 0) is 0 Å². The van der Waals surface area contributed by atoms with Crippen molar-refractivity contribution in [3.63, 3.8) is 0 Å². The van der Waals surface area contributed by atoms with Gasteiger partial charge >= 0.3 is 0 Å². The third-order valence-corrected chi connectivity index (χ3v) is 1.93. The van der Waals surface area contributed by atoms with Gasteiger partial charge in [-0.15, -0.1) is 0 Å². The highest BCUT2D eigenvalue weighted by molar-refractivity contribution is 7.97. The number of nitrogens with zero attached hydrogens (tertiary/aromatic N) is 1. The van der Waals surface area contributed by atoms with Crippen LogP contribution in [0.1, 0.15) is 0 Å². The van der Waals surface area contributed by atoms with Crippen LogP contribution in [0.15, 0.2) is 11.2 Å². The molecule has 56 valence electrons. The zero-order chi connectivity index (χ0) is 6.10. The fourth-order valence-corrected chi connectivity index (χ4v) is 1.34. The number of hydrogen-bond acceptors (Lipinski definition) is 4. The highest BCUT2D eigenvalue weighted by Gasteiger charge is 2.08. The van der Waals surface area contributed by atoms with Crippen LogP contribution < -0.4 is 10.0 Å². The van der Waals surface area contributed by atoms with Gasteiger partial charge in [0.1, 0.15) is 5.03 Å².